The molecule has 0 spiro atoms. The first kappa shape index (κ1) is 22.8. The largest absolute Gasteiger partial charge is 0.379 e. The van der Waals surface area contributed by atoms with Crippen molar-refractivity contribution in [3.63, 3.8) is 0 Å². The van der Waals surface area contributed by atoms with E-state index in [2.05, 4.69) is 82.6 Å². The summed E-state index contributed by atoms with van der Waals surface area (Å²) in [4.78, 5) is 20.1. The number of benzene rings is 3. The summed E-state index contributed by atoms with van der Waals surface area (Å²) in [6.45, 7) is 7.66. The van der Waals surface area contributed by atoms with E-state index in [0.29, 0.717) is 0 Å². The summed E-state index contributed by atoms with van der Waals surface area (Å²) in [5, 5.41) is 0. The van der Waals surface area contributed by atoms with Gasteiger partial charge in [-0.25, -0.2) is 0 Å². The quantitative estimate of drug-likeness (QED) is 0.562. The maximum atomic E-state index is 13.2. The second kappa shape index (κ2) is 11.0. The number of carbonyl (C=O) groups is 1. The molecule has 5 rings (SSSR count). The molecule has 3 aromatic carbocycles. The van der Waals surface area contributed by atoms with Crippen LogP contribution in [0.15, 0.2) is 84.9 Å². The average molecular weight is 456 g/mol. The summed E-state index contributed by atoms with van der Waals surface area (Å²) in [5.41, 5.74) is 4.62. The number of ether oxygens (including phenoxy) is 1. The number of amides is 1. The minimum Gasteiger partial charge on any atom is -0.379 e. The number of piperazine rings is 1. The predicted octanol–water partition coefficient (Wildman–Crippen LogP) is 4.07. The van der Waals surface area contributed by atoms with Gasteiger partial charge in [0, 0.05) is 51.4 Å². The monoisotopic (exact) mass is 455 g/mol. The van der Waals surface area contributed by atoms with Crippen molar-refractivity contribution >= 4 is 5.91 Å². The van der Waals surface area contributed by atoms with Crippen LogP contribution in [0.2, 0.25) is 0 Å². The Morgan fingerprint density at radius 1 is 0.706 bits per heavy atom. The van der Waals surface area contributed by atoms with Crippen LogP contribution in [-0.4, -0.2) is 73.1 Å². The fourth-order valence-corrected chi connectivity index (χ4v) is 5.02. The predicted molar refractivity (Wildman–Crippen MR) is 135 cm³/mol. The van der Waals surface area contributed by atoms with Crippen molar-refractivity contribution in [3.8, 4) is 0 Å². The summed E-state index contributed by atoms with van der Waals surface area (Å²) in [6.07, 6.45) is 0. The van der Waals surface area contributed by atoms with Gasteiger partial charge in [0.25, 0.3) is 5.91 Å². The lowest BCUT2D eigenvalue weighted by atomic mass is 9.96. The van der Waals surface area contributed by atoms with Crippen LogP contribution >= 0.6 is 0 Å². The van der Waals surface area contributed by atoms with Gasteiger partial charge in [-0.15, -0.1) is 0 Å². The maximum absolute atomic E-state index is 13.2. The van der Waals surface area contributed by atoms with Crippen LogP contribution in [0.5, 0.6) is 0 Å². The first-order chi connectivity index (χ1) is 16.8. The van der Waals surface area contributed by atoms with E-state index < -0.39 is 0 Å². The van der Waals surface area contributed by atoms with Crippen molar-refractivity contribution in [1.29, 1.82) is 0 Å². The fourth-order valence-electron chi connectivity index (χ4n) is 5.02. The van der Waals surface area contributed by atoms with Gasteiger partial charge < -0.3 is 9.64 Å². The highest BCUT2D eigenvalue weighted by Gasteiger charge is 2.28. The van der Waals surface area contributed by atoms with E-state index >= 15 is 0 Å². The number of nitrogens with zero attached hydrogens (tertiary/aromatic N) is 3. The zero-order valence-corrected chi connectivity index (χ0v) is 19.7. The number of hydrogen-bond donors (Lipinski definition) is 0. The van der Waals surface area contributed by atoms with Crippen LogP contribution in [0.3, 0.4) is 0 Å². The highest BCUT2D eigenvalue weighted by molar-refractivity contribution is 5.94. The first-order valence-corrected chi connectivity index (χ1v) is 12.3. The number of carbonyl (C=O) groups excluding carboxylic acids is 1. The molecule has 176 valence electrons. The third kappa shape index (κ3) is 5.39. The van der Waals surface area contributed by atoms with Crippen LogP contribution in [0, 0.1) is 0 Å². The molecule has 0 atom stereocenters. The van der Waals surface area contributed by atoms with Gasteiger partial charge in [-0.3, -0.25) is 14.6 Å². The van der Waals surface area contributed by atoms with Crippen molar-refractivity contribution in [3.05, 3.63) is 107 Å². The summed E-state index contributed by atoms with van der Waals surface area (Å²) in [5.74, 6) is 0.133. The highest BCUT2D eigenvalue weighted by Crippen LogP contribution is 2.29. The van der Waals surface area contributed by atoms with Crippen LogP contribution in [0.25, 0.3) is 0 Å². The Hall–Kier alpha value is -2.99. The van der Waals surface area contributed by atoms with Crippen LogP contribution in [0.4, 0.5) is 0 Å². The summed E-state index contributed by atoms with van der Waals surface area (Å²) >= 11 is 0. The summed E-state index contributed by atoms with van der Waals surface area (Å²) < 4.78 is 5.43. The molecule has 5 heteroatoms. The smallest absolute Gasteiger partial charge is 0.253 e. The van der Waals surface area contributed by atoms with Gasteiger partial charge >= 0.3 is 0 Å². The van der Waals surface area contributed by atoms with Gasteiger partial charge in [-0.05, 0) is 28.8 Å². The molecule has 2 saturated heterocycles. The van der Waals surface area contributed by atoms with E-state index in [1.807, 2.05) is 17.0 Å². The lowest BCUT2D eigenvalue weighted by Crippen LogP contribution is -2.49. The van der Waals surface area contributed by atoms with E-state index in [-0.39, 0.29) is 11.9 Å². The third-order valence-electron chi connectivity index (χ3n) is 6.91. The molecule has 0 radical (unpaired) electrons. The van der Waals surface area contributed by atoms with Crippen molar-refractivity contribution in [1.82, 2.24) is 14.7 Å². The van der Waals surface area contributed by atoms with Crippen LogP contribution in [-0.2, 0) is 11.3 Å². The number of rotatable bonds is 6. The van der Waals surface area contributed by atoms with Gasteiger partial charge in [-0.2, -0.15) is 0 Å². The SMILES string of the molecule is O=C(c1ccc(CN2CCOCC2)cc1)N1CCN(C(c2ccccc2)c2ccccc2)CC1. The molecule has 2 aliphatic rings. The van der Waals surface area contributed by atoms with Crippen molar-refractivity contribution in [2.75, 3.05) is 52.5 Å². The Morgan fingerprint density at radius 2 is 1.26 bits per heavy atom. The average Bonchev–Trinajstić information content (AvgIpc) is 2.91. The molecule has 0 saturated carbocycles. The van der Waals surface area contributed by atoms with Gasteiger partial charge in [0.05, 0.1) is 19.3 Å². The van der Waals surface area contributed by atoms with Gasteiger partial charge in [0.1, 0.15) is 0 Å². The number of morpholine rings is 1. The first-order valence-electron chi connectivity index (χ1n) is 12.3. The molecule has 0 aromatic heterocycles. The molecular formula is C29H33N3O2. The zero-order chi connectivity index (χ0) is 23.2. The van der Waals surface area contributed by atoms with E-state index in [0.717, 1.165) is 64.6 Å². The molecule has 5 nitrogen and oxygen atoms in total. The molecule has 1 amide bonds. The molecule has 2 heterocycles. The molecule has 3 aromatic rings. The normalized spacial score (nSPS) is 17.7. The van der Waals surface area contributed by atoms with Crippen LogP contribution < -0.4 is 0 Å². The molecule has 2 fully saturated rings. The lowest BCUT2D eigenvalue weighted by Gasteiger charge is -2.39. The van der Waals surface area contributed by atoms with Crippen molar-refractivity contribution in [2.45, 2.75) is 12.6 Å². The third-order valence-corrected chi connectivity index (χ3v) is 6.91. The zero-order valence-electron chi connectivity index (χ0n) is 19.7. The molecule has 2 aliphatic heterocycles. The van der Waals surface area contributed by atoms with Gasteiger partial charge in [-0.1, -0.05) is 72.8 Å². The standard InChI is InChI=1S/C29H33N3O2/c33-29(27-13-11-24(12-14-27)23-30-19-21-34-22-20-30)32-17-15-31(16-18-32)28(25-7-3-1-4-8-25)26-9-5-2-6-10-26/h1-14,28H,15-23H2. The van der Waals surface area contributed by atoms with Crippen LogP contribution in [0.1, 0.15) is 33.1 Å². The Morgan fingerprint density at radius 3 is 1.82 bits per heavy atom. The maximum Gasteiger partial charge on any atom is 0.253 e. The second-order valence-electron chi connectivity index (χ2n) is 9.14. The molecular weight excluding hydrogens is 422 g/mol. The van der Waals surface area contributed by atoms with E-state index in [1.54, 1.807) is 0 Å². The van der Waals surface area contributed by atoms with Gasteiger partial charge in [0.2, 0.25) is 0 Å². The number of hydrogen-bond acceptors (Lipinski definition) is 4. The highest BCUT2D eigenvalue weighted by atomic mass is 16.5. The Balaban J connectivity index is 1.22. The van der Waals surface area contributed by atoms with E-state index in [4.69, 9.17) is 4.74 Å². The Bertz CT molecular complexity index is 1000. The lowest BCUT2D eigenvalue weighted by molar-refractivity contribution is 0.0342. The Kier molecular flexibility index (Phi) is 7.34. The Labute approximate surface area is 202 Å². The molecule has 0 unspecified atom stereocenters. The van der Waals surface area contributed by atoms with E-state index in [9.17, 15) is 4.79 Å². The minimum atomic E-state index is 0.133. The molecule has 0 N–H and O–H groups in total. The van der Waals surface area contributed by atoms with E-state index in [1.165, 1.54) is 16.7 Å². The topological polar surface area (TPSA) is 36.0 Å². The fraction of sp³-hybridized carbons (Fsp3) is 0.345. The second-order valence-corrected chi connectivity index (χ2v) is 9.14. The molecule has 0 bridgehead atoms. The van der Waals surface area contributed by atoms with Gasteiger partial charge in [0.15, 0.2) is 0 Å². The minimum absolute atomic E-state index is 0.133. The summed E-state index contributed by atoms with van der Waals surface area (Å²) in [7, 11) is 0. The van der Waals surface area contributed by atoms with Crippen molar-refractivity contribution < 1.29 is 9.53 Å². The molecule has 0 aliphatic carbocycles. The summed E-state index contributed by atoms with van der Waals surface area (Å²) in [6, 6.07) is 29.7. The van der Waals surface area contributed by atoms with Crippen molar-refractivity contribution in [2.24, 2.45) is 0 Å². The molecule has 34 heavy (non-hydrogen) atoms.